The molecular weight excluding hydrogens is 246 g/mol. The predicted molar refractivity (Wildman–Crippen MR) is 69.7 cm³/mol. The van der Waals surface area contributed by atoms with Crippen molar-refractivity contribution in [3.05, 3.63) is 0 Å². The zero-order valence-corrected chi connectivity index (χ0v) is 11.7. The summed E-state index contributed by atoms with van der Waals surface area (Å²) in [6.45, 7) is 5.29. The van der Waals surface area contributed by atoms with Crippen LogP contribution in [0, 0.1) is 11.3 Å². The van der Waals surface area contributed by atoms with Gasteiger partial charge in [-0.05, 0) is 18.3 Å². The molecule has 5 heteroatoms. The first-order valence-electron chi connectivity index (χ1n) is 7.05. The lowest BCUT2D eigenvalue weighted by Gasteiger charge is -2.41. The Kier molecular flexibility index (Phi) is 4.13. The third-order valence-electron chi connectivity index (χ3n) is 4.46. The van der Waals surface area contributed by atoms with Crippen LogP contribution in [-0.4, -0.2) is 47.7 Å². The molecule has 1 N–H and O–H groups in total. The number of carboxylic acid groups (broad SMARTS) is 1. The molecule has 0 bridgehead atoms. The minimum absolute atomic E-state index is 0.0202. The fourth-order valence-corrected chi connectivity index (χ4v) is 3.17. The molecule has 108 valence electrons. The first-order chi connectivity index (χ1) is 8.92. The molecule has 0 radical (unpaired) electrons. The molecule has 2 fully saturated rings. The number of ether oxygens (including phenoxy) is 1. The number of carboxylic acids is 1. The van der Waals surface area contributed by atoms with Crippen LogP contribution in [0.2, 0.25) is 0 Å². The lowest BCUT2D eigenvalue weighted by molar-refractivity contribution is -0.162. The Morgan fingerprint density at radius 1 is 1.32 bits per heavy atom. The number of amides is 1. The molecule has 19 heavy (non-hydrogen) atoms. The van der Waals surface area contributed by atoms with Crippen molar-refractivity contribution in [2.45, 2.75) is 45.6 Å². The van der Waals surface area contributed by atoms with Gasteiger partial charge in [0.25, 0.3) is 0 Å². The van der Waals surface area contributed by atoms with E-state index in [0.717, 1.165) is 19.3 Å². The van der Waals surface area contributed by atoms with E-state index in [1.165, 1.54) is 6.42 Å². The Hall–Kier alpha value is -1.10. The van der Waals surface area contributed by atoms with Gasteiger partial charge >= 0.3 is 5.97 Å². The van der Waals surface area contributed by atoms with Gasteiger partial charge in [0.15, 0.2) is 6.10 Å². The molecule has 5 nitrogen and oxygen atoms in total. The van der Waals surface area contributed by atoms with Crippen LogP contribution >= 0.6 is 0 Å². The summed E-state index contributed by atoms with van der Waals surface area (Å²) in [7, 11) is 0. The van der Waals surface area contributed by atoms with Crippen molar-refractivity contribution in [1.29, 1.82) is 0 Å². The van der Waals surface area contributed by atoms with Crippen molar-refractivity contribution < 1.29 is 19.4 Å². The third kappa shape index (κ3) is 3.08. The maximum absolute atomic E-state index is 12.6. The van der Waals surface area contributed by atoms with Gasteiger partial charge in [0.2, 0.25) is 5.91 Å². The highest BCUT2D eigenvalue weighted by Gasteiger charge is 2.40. The van der Waals surface area contributed by atoms with Crippen molar-refractivity contribution in [3.63, 3.8) is 0 Å². The molecule has 2 aliphatic rings. The SMILES string of the molecule is CC1(C)CCCCC1C(=O)N1CCOC(C(=O)O)C1. The maximum atomic E-state index is 12.6. The average molecular weight is 269 g/mol. The molecule has 0 aromatic heterocycles. The van der Waals surface area contributed by atoms with E-state index in [0.29, 0.717) is 13.2 Å². The van der Waals surface area contributed by atoms with E-state index >= 15 is 0 Å². The predicted octanol–water partition coefficient (Wildman–Crippen LogP) is 1.51. The number of carbonyl (C=O) groups is 2. The summed E-state index contributed by atoms with van der Waals surface area (Å²) < 4.78 is 5.17. The van der Waals surface area contributed by atoms with E-state index < -0.39 is 12.1 Å². The van der Waals surface area contributed by atoms with Crippen molar-refractivity contribution in [1.82, 2.24) is 4.90 Å². The third-order valence-corrected chi connectivity index (χ3v) is 4.46. The van der Waals surface area contributed by atoms with Gasteiger partial charge < -0.3 is 14.7 Å². The minimum atomic E-state index is -0.986. The van der Waals surface area contributed by atoms with Crippen LogP contribution in [0.15, 0.2) is 0 Å². The van der Waals surface area contributed by atoms with E-state index in [2.05, 4.69) is 13.8 Å². The number of hydrogen-bond acceptors (Lipinski definition) is 3. The molecule has 2 rings (SSSR count). The Balaban J connectivity index is 2.04. The normalized spacial score (nSPS) is 30.9. The molecule has 2 unspecified atom stereocenters. The summed E-state index contributed by atoms with van der Waals surface area (Å²) in [5.41, 5.74) is 0.0202. The zero-order valence-electron chi connectivity index (χ0n) is 11.7. The van der Waals surface area contributed by atoms with Crippen molar-refractivity contribution in [3.8, 4) is 0 Å². The molecule has 0 aromatic carbocycles. The van der Waals surface area contributed by atoms with Gasteiger partial charge in [-0.25, -0.2) is 4.79 Å². The van der Waals surface area contributed by atoms with Gasteiger partial charge in [0.1, 0.15) is 0 Å². The number of aliphatic carboxylic acids is 1. The number of morpholine rings is 1. The van der Waals surface area contributed by atoms with E-state index in [4.69, 9.17) is 9.84 Å². The van der Waals surface area contributed by atoms with Crippen LogP contribution in [0.5, 0.6) is 0 Å². The Morgan fingerprint density at radius 3 is 2.68 bits per heavy atom. The number of nitrogens with zero attached hydrogens (tertiary/aromatic N) is 1. The quantitative estimate of drug-likeness (QED) is 0.825. The summed E-state index contributed by atoms with van der Waals surface area (Å²) in [5.74, 6) is -0.853. The summed E-state index contributed by atoms with van der Waals surface area (Å²) in [4.78, 5) is 25.3. The lowest BCUT2D eigenvalue weighted by Crippen LogP contribution is -2.52. The van der Waals surface area contributed by atoms with Gasteiger partial charge in [-0.15, -0.1) is 0 Å². The first kappa shape index (κ1) is 14.3. The summed E-state index contributed by atoms with van der Waals surface area (Å²) in [6, 6.07) is 0. The number of hydrogen-bond donors (Lipinski definition) is 1. The van der Waals surface area contributed by atoms with Gasteiger partial charge in [-0.1, -0.05) is 26.7 Å². The van der Waals surface area contributed by atoms with Gasteiger partial charge in [-0.3, -0.25) is 4.79 Å². The van der Waals surface area contributed by atoms with Crippen molar-refractivity contribution in [2.24, 2.45) is 11.3 Å². The van der Waals surface area contributed by atoms with Crippen LogP contribution in [0.1, 0.15) is 39.5 Å². The summed E-state index contributed by atoms with van der Waals surface area (Å²) in [6.07, 6.45) is 3.38. The maximum Gasteiger partial charge on any atom is 0.334 e. The lowest BCUT2D eigenvalue weighted by atomic mass is 9.68. The molecule has 1 aliphatic carbocycles. The number of rotatable bonds is 2. The highest BCUT2D eigenvalue weighted by Crippen LogP contribution is 2.41. The van der Waals surface area contributed by atoms with E-state index in [9.17, 15) is 9.59 Å². The fourth-order valence-electron chi connectivity index (χ4n) is 3.17. The molecule has 1 saturated carbocycles. The van der Waals surface area contributed by atoms with Crippen molar-refractivity contribution >= 4 is 11.9 Å². The first-order valence-corrected chi connectivity index (χ1v) is 7.05. The van der Waals surface area contributed by atoms with Crippen LogP contribution in [0.3, 0.4) is 0 Å². The largest absolute Gasteiger partial charge is 0.479 e. The molecule has 2 atom stereocenters. The summed E-state index contributed by atoms with van der Waals surface area (Å²) >= 11 is 0. The van der Waals surface area contributed by atoms with E-state index in [1.54, 1.807) is 4.90 Å². The number of carbonyl (C=O) groups excluding carboxylic acids is 1. The van der Waals surface area contributed by atoms with Crippen LogP contribution in [-0.2, 0) is 14.3 Å². The molecule has 1 saturated heterocycles. The van der Waals surface area contributed by atoms with Gasteiger partial charge in [0, 0.05) is 12.5 Å². The fraction of sp³-hybridized carbons (Fsp3) is 0.857. The molecule has 1 aliphatic heterocycles. The molecule has 1 amide bonds. The topological polar surface area (TPSA) is 66.8 Å². The Morgan fingerprint density at radius 2 is 2.05 bits per heavy atom. The highest BCUT2D eigenvalue weighted by atomic mass is 16.5. The van der Waals surface area contributed by atoms with Gasteiger partial charge in [0.05, 0.1) is 13.2 Å². The van der Waals surface area contributed by atoms with Crippen LogP contribution < -0.4 is 0 Å². The van der Waals surface area contributed by atoms with Crippen molar-refractivity contribution in [2.75, 3.05) is 19.7 Å². The second-order valence-corrected chi connectivity index (χ2v) is 6.27. The second kappa shape index (κ2) is 5.49. The zero-order chi connectivity index (χ0) is 14.0. The van der Waals surface area contributed by atoms with Crippen LogP contribution in [0.25, 0.3) is 0 Å². The monoisotopic (exact) mass is 269 g/mol. The Labute approximate surface area is 113 Å². The second-order valence-electron chi connectivity index (χ2n) is 6.27. The average Bonchev–Trinajstić information content (AvgIpc) is 2.37. The van der Waals surface area contributed by atoms with E-state index in [1.807, 2.05) is 0 Å². The van der Waals surface area contributed by atoms with E-state index in [-0.39, 0.29) is 23.8 Å². The highest BCUT2D eigenvalue weighted by molar-refractivity contribution is 5.81. The molecule has 1 heterocycles. The van der Waals surface area contributed by atoms with Crippen LogP contribution in [0.4, 0.5) is 0 Å². The molecule has 0 spiro atoms. The minimum Gasteiger partial charge on any atom is -0.479 e. The Bertz CT molecular complexity index is 366. The summed E-state index contributed by atoms with van der Waals surface area (Å²) in [5, 5.41) is 8.99. The smallest absolute Gasteiger partial charge is 0.334 e. The molecular formula is C14H23NO4. The van der Waals surface area contributed by atoms with Gasteiger partial charge in [-0.2, -0.15) is 0 Å². The molecule has 0 aromatic rings. The standard InChI is InChI=1S/C14H23NO4/c1-14(2)6-4-3-5-10(14)12(16)15-7-8-19-11(9-15)13(17)18/h10-11H,3-9H2,1-2H3,(H,17,18).